The van der Waals surface area contributed by atoms with Crippen LogP contribution in [-0.4, -0.2) is 18.4 Å². The van der Waals surface area contributed by atoms with Crippen LogP contribution in [0, 0.1) is 0 Å². The molecule has 0 saturated carbocycles. The predicted octanol–water partition coefficient (Wildman–Crippen LogP) is 6.86. The van der Waals surface area contributed by atoms with Crippen molar-refractivity contribution in [1.29, 1.82) is 0 Å². The Kier molecular flexibility index (Phi) is 10.4. The van der Waals surface area contributed by atoms with Crippen LogP contribution in [0.25, 0.3) is 0 Å². The molecule has 0 nitrogen and oxygen atoms in total. The van der Waals surface area contributed by atoms with Crippen molar-refractivity contribution < 1.29 is 0 Å². The summed E-state index contributed by atoms with van der Waals surface area (Å²) in [6.45, 7) is 4.47. The summed E-state index contributed by atoms with van der Waals surface area (Å²) in [7, 11) is -1.62. The maximum atomic E-state index is 4.47. The molecular formula is C45H38P2Sn. The minimum absolute atomic E-state index is 0.812. The topological polar surface area (TPSA) is 0 Å². The molecule has 0 unspecified atom stereocenters. The Labute approximate surface area is 292 Å². The van der Waals surface area contributed by atoms with E-state index in [-0.39, 0.29) is 0 Å². The van der Waals surface area contributed by atoms with E-state index in [0.29, 0.717) is 0 Å². The van der Waals surface area contributed by atoms with Crippen molar-refractivity contribution in [2.75, 3.05) is 0 Å². The Morgan fingerprint density at radius 2 is 0.667 bits per heavy atom. The first-order valence-corrected chi connectivity index (χ1v) is 25.5. The molecule has 0 fully saturated rings. The second-order valence-corrected chi connectivity index (χ2v) is 27.2. The number of hydrogen-bond acceptors (Lipinski definition) is 0. The van der Waals surface area contributed by atoms with Gasteiger partial charge in [-0.25, -0.2) is 0 Å². The Morgan fingerprint density at radius 1 is 0.375 bits per heavy atom. The Bertz CT molecular complexity index is 1860. The molecule has 0 heterocycles. The maximum absolute atomic E-state index is 4.47. The molecule has 232 valence electrons. The Morgan fingerprint density at radius 3 is 1.00 bits per heavy atom. The summed E-state index contributed by atoms with van der Waals surface area (Å²) in [5, 5.41) is 8.43. The van der Waals surface area contributed by atoms with Crippen molar-refractivity contribution >= 4 is 76.8 Å². The molecule has 0 spiro atoms. The molecule has 0 atom stereocenters. The van der Waals surface area contributed by atoms with Gasteiger partial charge >= 0.3 is 294 Å². The van der Waals surface area contributed by atoms with Gasteiger partial charge in [0.2, 0.25) is 0 Å². The Hall–Kier alpha value is -4.06. The van der Waals surface area contributed by atoms with E-state index in [2.05, 4.69) is 213 Å². The molecule has 0 aliphatic carbocycles. The number of allylic oxidation sites excluding steroid dienone is 1. The van der Waals surface area contributed by atoms with E-state index >= 15 is 0 Å². The van der Waals surface area contributed by atoms with Crippen LogP contribution in [0.5, 0.6) is 0 Å². The van der Waals surface area contributed by atoms with Crippen LogP contribution in [0.3, 0.4) is 0 Å². The van der Waals surface area contributed by atoms with Crippen molar-refractivity contribution in [2.24, 2.45) is 0 Å². The summed E-state index contributed by atoms with van der Waals surface area (Å²) in [5.41, 5.74) is 0. The molecule has 0 aliphatic heterocycles. The molecule has 0 bridgehead atoms. The molecule has 48 heavy (non-hydrogen) atoms. The van der Waals surface area contributed by atoms with Gasteiger partial charge in [-0.05, 0) is 0 Å². The summed E-state index contributed by atoms with van der Waals surface area (Å²) in [4.78, 5) is 0. The second kappa shape index (κ2) is 15.4. The van der Waals surface area contributed by atoms with Gasteiger partial charge < -0.3 is 0 Å². The fourth-order valence-corrected chi connectivity index (χ4v) is 29.2. The van der Waals surface area contributed by atoms with Crippen LogP contribution < -0.4 is 42.6 Å². The molecular weight excluding hydrogens is 721 g/mol. The van der Waals surface area contributed by atoms with Gasteiger partial charge in [-0.1, -0.05) is 0 Å². The first-order valence-electron chi connectivity index (χ1n) is 16.5. The van der Waals surface area contributed by atoms with Gasteiger partial charge in [-0.2, -0.15) is 0 Å². The van der Waals surface area contributed by atoms with Crippen LogP contribution >= 0.6 is 15.8 Å². The number of rotatable bonds is 11. The molecule has 0 aliphatic rings. The third-order valence-corrected chi connectivity index (χ3v) is 29.3. The van der Waals surface area contributed by atoms with E-state index in [0.717, 1.165) is 4.44 Å². The van der Waals surface area contributed by atoms with Gasteiger partial charge in [0, 0.05) is 0 Å². The summed E-state index contributed by atoms with van der Waals surface area (Å²) >= 11 is -3.91. The molecule has 0 saturated heterocycles. The van der Waals surface area contributed by atoms with E-state index in [4.69, 9.17) is 0 Å². The first-order chi connectivity index (χ1) is 23.8. The molecule has 0 aromatic heterocycles. The fourth-order valence-electron chi connectivity index (χ4n) is 6.95. The zero-order valence-corrected chi connectivity index (χ0v) is 31.6. The van der Waals surface area contributed by atoms with Crippen molar-refractivity contribution in [2.45, 2.75) is 4.44 Å². The van der Waals surface area contributed by atoms with Crippen LogP contribution in [0.4, 0.5) is 0 Å². The van der Waals surface area contributed by atoms with E-state index in [1.54, 1.807) is 7.16 Å². The SMILES string of the molecule is C=C[CH2][Sn]([c]1ccccc1)([c]1ccccc1P(c1ccccc1)c1ccccc1)[c]1ccccc1P(c1ccccc1)c1ccccc1. The summed E-state index contributed by atoms with van der Waals surface area (Å²) < 4.78 is 5.53. The summed E-state index contributed by atoms with van der Waals surface area (Å²) in [6, 6.07) is 74.9. The van der Waals surface area contributed by atoms with E-state index in [1.165, 1.54) is 35.4 Å². The molecule has 0 N–H and O–H groups in total. The third-order valence-electron chi connectivity index (χ3n) is 8.98. The van der Waals surface area contributed by atoms with Gasteiger partial charge in [0.05, 0.1) is 0 Å². The van der Waals surface area contributed by atoms with Gasteiger partial charge in [0.25, 0.3) is 0 Å². The van der Waals surface area contributed by atoms with Crippen LogP contribution in [-0.2, 0) is 0 Å². The van der Waals surface area contributed by atoms with Gasteiger partial charge in [0.1, 0.15) is 0 Å². The predicted molar refractivity (Wildman–Crippen MR) is 216 cm³/mol. The van der Waals surface area contributed by atoms with Crippen molar-refractivity contribution in [3.8, 4) is 0 Å². The molecule has 0 radical (unpaired) electrons. The van der Waals surface area contributed by atoms with Crippen molar-refractivity contribution in [3.63, 3.8) is 0 Å². The monoisotopic (exact) mass is 760 g/mol. The van der Waals surface area contributed by atoms with E-state index in [1.807, 2.05) is 0 Å². The number of hydrogen-bond donors (Lipinski definition) is 0. The fraction of sp³-hybridized carbons (Fsp3) is 0.0222. The zero-order chi connectivity index (χ0) is 32.6. The third kappa shape index (κ3) is 6.51. The first kappa shape index (κ1) is 32.5. The van der Waals surface area contributed by atoms with Gasteiger partial charge in [-0.15, -0.1) is 0 Å². The second-order valence-electron chi connectivity index (χ2n) is 11.8. The molecule has 7 aromatic rings. The zero-order valence-electron chi connectivity index (χ0n) is 26.9. The normalized spacial score (nSPS) is 11.5. The number of benzene rings is 7. The van der Waals surface area contributed by atoms with Gasteiger partial charge in [0.15, 0.2) is 0 Å². The molecule has 3 heteroatoms. The Balaban J connectivity index is 1.57. The molecule has 0 amide bonds. The average molecular weight is 759 g/mol. The van der Waals surface area contributed by atoms with E-state index < -0.39 is 34.2 Å². The average Bonchev–Trinajstić information content (AvgIpc) is 3.17. The quantitative estimate of drug-likeness (QED) is 0.0769. The van der Waals surface area contributed by atoms with Crippen LogP contribution in [0.15, 0.2) is 213 Å². The van der Waals surface area contributed by atoms with Crippen LogP contribution in [0.2, 0.25) is 4.44 Å². The minimum atomic E-state index is -3.91. The van der Waals surface area contributed by atoms with E-state index in [9.17, 15) is 0 Å². The standard InChI is InChI=1S/2C18H14P.C6H5.C3H5.Sn/c2*1-4-10-16(11-5-1)19(17-12-6-2-7-13-17)18-14-8-3-9-15-18;1-2-4-6-5-3-1;1-3-2;/h2*1-14H;1-5H;3H,1-2H2;. The summed E-state index contributed by atoms with van der Waals surface area (Å²) in [5.74, 6) is 0. The van der Waals surface area contributed by atoms with Crippen molar-refractivity contribution in [3.05, 3.63) is 213 Å². The molecule has 7 aromatic carbocycles. The molecule has 7 rings (SSSR count). The van der Waals surface area contributed by atoms with Crippen LogP contribution in [0.1, 0.15) is 0 Å². The van der Waals surface area contributed by atoms with Gasteiger partial charge in [-0.3, -0.25) is 0 Å². The summed E-state index contributed by atoms with van der Waals surface area (Å²) in [6.07, 6.45) is 2.22. The van der Waals surface area contributed by atoms with Crippen molar-refractivity contribution in [1.82, 2.24) is 0 Å².